The SMILES string of the molecule is COc1cc(F)c(S(=O)(=O)N2CCCC(C(=O)Nc3cccc(C)n3)C2)cc1OC. The number of nitrogens with zero attached hydrogens (tertiary/aromatic N) is 2. The van der Waals surface area contributed by atoms with Crippen LogP contribution in [0.5, 0.6) is 11.5 Å². The molecule has 1 saturated heterocycles. The van der Waals surface area contributed by atoms with Crippen LogP contribution in [-0.4, -0.2) is 50.9 Å². The smallest absolute Gasteiger partial charge is 0.246 e. The lowest BCUT2D eigenvalue weighted by molar-refractivity contribution is -0.120. The minimum absolute atomic E-state index is 0.0479. The molecule has 1 fully saturated rings. The van der Waals surface area contributed by atoms with Gasteiger partial charge in [0.15, 0.2) is 11.5 Å². The molecule has 10 heteroatoms. The lowest BCUT2D eigenvalue weighted by Crippen LogP contribution is -2.44. The van der Waals surface area contributed by atoms with Gasteiger partial charge in [0, 0.05) is 30.9 Å². The van der Waals surface area contributed by atoms with Crippen molar-refractivity contribution in [3.63, 3.8) is 0 Å². The third kappa shape index (κ3) is 4.54. The summed E-state index contributed by atoms with van der Waals surface area (Å²) in [5.41, 5.74) is 0.754. The van der Waals surface area contributed by atoms with Gasteiger partial charge < -0.3 is 14.8 Å². The van der Waals surface area contributed by atoms with Gasteiger partial charge in [0.05, 0.1) is 20.1 Å². The molecular formula is C20H24FN3O5S. The van der Waals surface area contributed by atoms with Crippen molar-refractivity contribution in [3.05, 3.63) is 41.8 Å². The Morgan fingerprint density at radius 2 is 1.93 bits per heavy atom. The number of hydrogen-bond donors (Lipinski definition) is 1. The van der Waals surface area contributed by atoms with Crippen molar-refractivity contribution in [1.29, 1.82) is 0 Å². The maximum absolute atomic E-state index is 14.6. The van der Waals surface area contributed by atoms with Crippen LogP contribution in [0.4, 0.5) is 10.2 Å². The Bertz CT molecular complexity index is 1040. The molecule has 0 spiro atoms. The Labute approximate surface area is 175 Å². The van der Waals surface area contributed by atoms with E-state index in [1.54, 1.807) is 12.1 Å². The number of amides is 1. The second-order valence-electron chi connectivity index (χ2n) is 6.99. The molecule has 1 aromatic heterocycles. The fourth-order valence-electron chi connectivity index (χ4n) is 3.39. The summed E-state index contributed by atoms with van der Waals surface area (Å²) in [6, 6.07) is 7.33. The molecule has 2 aromatic rings. The molecule has 0 radical (unpaired) electrons. The van der Waals surface area contributed by atoms with Crippen LogP contribution < -0.4 is 14.8 Å². The molecule has 1 aliphatic heterocycles. The van der Waals surface area contributed by atoms with E-state index in [0.29, 0.717) is 18.7 Å². The maximum atomic E-state index is 14.6. The van der Waals surface area contributed by atoms with Gasteiger partial charge >= 0.3 is 0 Å². The Morgan fingerprint density at radius 1 is 1.23 bits per heavy atom. The average molecular weight is 437 g/mol. The van der Waals surface area contributed by atoms with E-state index in [0.717, 1.165) is 22.1 Å². The van der Waals surface area contributed by atoms with E-state index in [-0.39, 0.29) is 30.5 Å². The van der Waals surface area contributed by atoms with Crippen LogP contribution in [0.2, 0.25) is 0 Å². The van der Waals surface area contributed by atoms with Crippen LogP contribution >= 0.6 is 0 Å². The number of anilines is 1. The quantitative estimate of drug-likeness (QED) is 0.746. The third-order valence-corrected chi connectivity index (χ3v) is 6.83. The minimum atomic E-state index is -4.17. The minimum Gasteiger partial charge on any atom is -0.493 e. The van der Waals surface area contributed by atoms with E-state index in [1.165, 1.54) is 14.2 Å². The van der Waals surface area contributed by atoms with Crippen LogP contribution in [0, 0.1) is 18.7 Å². The topological polar surface area (TPSA) is 97.8 Å². The fourth-order valence-corrected chi connectivity index (χ4v) is 4.97. The number of aryl methyl sites for hydroxylation is 1. The first-order valence-electron chi connectivity index (χ1n) is 9.42. The Balaban J connectivity index is 1.81. The van der Waals surface area contributed by atoms with Gasteiger partial charge in [0.2, 0.25) is 15.9 Å². The van der Waals surface area contributed by atoms with Gasteiger partial charge in [0.25, 0.3) is 0 Å². The van der Waals surface area contributed by atoms with E-state index in [4.69, 9.17) is 9.47 Å². The Morgan fingerprint density at radius 3 is 2.60 bits per heavy atom. The summed E-state index contributed by atoms with van der Waals surface area (Å²) in [7, 11) is -1.49. The van der Waals surface area contributed by atoms with Crippen molar-refractivity contribution in [1.82, 2.24) is 9.29 Å². The highest BCUT2D eigenvalue weighted by Gasteiger charge is 2.35. The first-order chi connectivity index (χ1) is 14.3. The van der Waals surface area contributed by atoms with Gasteiger partial charge in [-0.3, -0.25) is 4.79 Å². The number of carbonyl (C=O) groups excluding carboxylic acids is 1. The summed E-state index contributed by atoms with van der Waals surface area (Å²) in [5, 5.41) is 2.73. The summed E-state index contributed by atoms with van der Waals surface area (Å²) in [6.45, 7) is 1.96. The monoisotopic (exact) mass is 437 g/mol. The first kappa shape index (κ1) is 22.0. The molecule has 162 valence electrons. The predicted octanol–water partition coefficient (Wildman–Crippen LogP) is 2.59. The van der Waals surface area contributed by atoms with Gasteiger partial charge in [-0.15, -0.1) is 0 Å². The van der Waals surface area contributed by atoms with Crippen LogP contribution in [0.15, 0.2) is 35.2 Å². The number of piperidine rings is 1. The number of halogens is 1. The lowest BCUT2D eigenvalue weighted by Gasteiger charge is -2.31. The van der Waals surface area contributed by atoms with Gasteiger partial charge in [0.1, 0.15) is 16.5 Å². The summed E-state index contributed by atoms with van der Waals surface area (Å²) in [5.74, 6) is -1.22. The van der Waals surface area contributed by atoms with E-state index in [2.05, 4.69) is 10.3 Å². The zero-order valence-electron chi connectivity index (χ0n) is 17.0. The summed E-state index contributed by atoms with van der Waals surface area (Å²) >= 11 is 0. The molecule has 1 amide bonds. The van der Waals surface area contributed by atoms with Crippen molar-refractivity contribution < 1.29 is 27.1 Å². The molecule has 1 N–H and O–H groups in total. The Hall–Kier alpha value is -2.72. The first-order valence-corrected chi connectivity index (χ1v) is 10.9. The van der Waals surface area contributed by atoms with E-state index in [1.807, 2.05) is 13.0 Å². The Kier molecular flexibility index (Phi) is 6.57. The summed E-state index contributed by atoms with van der Waals surface area (Å²) < 4.78 is 52.0. The summed E-state index contributed by atoms with van der Waals surface area (Å²) in [4.78, 5) is 16.4. The zero-order valence-corrected chi connectivity index (χ0v) is 17.8. The van der Waals surface area contributed by atoms with Crippen LogP contribution in [0.25, 0.3) is 0 Å². The normalized spacial score (nSPS) is 17.4. The third-order valence-electron chi connectivity index (χ3n) is 4.95. The number of rotatable bonds is 6. The number of ether oxygens (including phenoxy) is 2. The molecule has 0 saturated carbocycles. The van der Waals surface area contributed by atoms with Gasteiger partial charge in [-0.05, 0) is 31.9 Å². The van der Waals surface area contributed by atoms with Gasteiger partial charge in [-0.2, -0.15) is 4.31 Å². The highest BCUT2D eigenvalue weighted by atomic mass is 32.2. The number of nitrogens with one attached hydrogen (secondary N) is 1. The number of carbonyl (C=O) groups is 1. The van der Waals surface area contributed by atoms with Crippen LogP contribution in [-0.2, 0) is 14.8 Å². The van der Waals surface area contributed by atoms with Crippen LogP contribution in [0.3, 0.4) is 0 Å². The molecule has 2 heterocycles. The van der Waals surface area contributed by atoms with Crippen molar-refractivity contribution in [2.24, 2.45) is 5.92 Å². The van der Waals surface area contributed by atoms with E-state index < -0.39 is 26.7 Å². The molecule has 1 atom stereocenters. The van der Waals surface area contributed by atoms with Crippen molar-refractivity contribution in [3.8, 4) is 11.5 Å². The molecule has 0 aliphatic carbocycles. The number of hydrogen-bond acceptors (Lipinski definition) is 6. The van der Waals surface area contributed by atoms with Gasteiger partial charge in [-0.1, -0.05) is 6.07 Å². The van der Waals surface area contributed by atoms with E-state index >= 15 is 0 Å². The number of benzene rings is 1. The molecule has 1 aliphatic rings. The molecule has 1 aromatic carbocycles. The van der Waals surface area contributed by atoms with Crippen molar-refractivity contribution >= 4 is 21.7 Å². The van der Waals surface area contributed by atoms with Gasteiger partial charge in [-0.25, -0.2) is 17.8 Å². The molecule has 3 rings (SSSR count). The fraction of sp³-hybridized carbons (Fsp3) is 0.400. The maximum Gasteiger partial charge on any atom is 0.246 e. The number of aromatic nitrogens is 1. The number of methoxy groups -OCH3 is 2. The van der Waals surface area contributed by atoms with Crippen molar-refractivity contribution in [2.75, 3.05) is 32.6 Å². The second-order valence-corrected chi connectivity index (χ2v) is 8.90. The lowest BCUT2D eigenvalue weighted by atomic mass is 9.99. The molecule has 8 nitrogen and oxygen atoms in total. The molecular weight excluding hydrogens is 413 g/mol. The van der Waals surface area contributed by atoms with Crippen molar-refractivity contribution in [2.45, 2.75) is 24.7 Å². The average Bonchev–Trinajstić information content (AvgIpc) is 2.73. The number of pyridine rings is 1. The molecule has 0 bridgehead atoms. The highest BCUT2D eigenvalue weighted by molar-refractivity contribution is 7.89. The summed E-state index contributed by atoms with van der Waals surface area (Å²) in [6.07, 6.45) is 1.01. The van der Waals surface area contributed by atoms with E-state index in [9.17, 15) is 17.6 Å². The zero-order chi connectivity index (χ0) is 21.9. The standard InChI is InChI=1S/C20H24FN3O5S/c1-13-6-4-8-19(22-13)23-20(25)14-7-5-9-24(12-14)30(26,27)18-11-17(29-3)16(28-2)10-15(18)21/h4,6,8,10-11,14H,5,7,9,12H2,1-3H3,(H,22,23,25). The second kappa shape index (κ2) is 8.97. The largest absolute Gasteiger partial charge is 0.493 e. The predicted molar refractivity (Wildman–Crippen MR) is 109 cm³/mol. The number of sulfonamides is 1. The molecule has 1 unspecified atom stereocenters. The molecule has 30 heavy (non-hydrogen) atoms. The van der Waals surface area contributed by atoms with Crippen LogP contribution in [0.1, 0.15) is 18.5 Å². The highest BCUT2D eigenvalue weighted by Crippen LogP contribution is 2.34.